The van der Waals surface area contributed by atoms with Gasteiger partial charge in [-0.1, -0.05) is 53.5 Å². The number of nitrogens with one attached hydrogen (secondary N) is 2. The normalized spacial score (nSPS) is 14.7. The second-order valence-corrected chi connectivity index (χ2v) is 7.66. The standard InChI is InChI=1S/C23H18Cl2N2O3/c1-12-17(15-5-3-4-6-16(15)27-12)18-19(24)23(29)21(20(25)22(18)28)26-11-13-7-9-14(30-2)10-8-13/h3-10,26-27H,11H2,1-2H3. The van der Waals surface area contributed by atoms with E-state index in [-0.39, 0.29) is 21.3 Å². The van der Waals surface area contributed by atoms with Gasteiger partial charge in [-0.05, 0) is 30.7 Å². The van der Waals surface area contributed by atoms with Crippen LogP contribution in [0.15, 0.2) is 64.3 Å². The smallest absolute Gasteiger partial charge is 0.222 e. The maximum absolute atomic E-state index is 13.1. The van der Waals surface area contributed by atoms with E-state index in [0.29, 0.717) is 12.1 Å². The van der Waals surface area contributed by atoms with E-state index in [0.717, 1.165) is 27.9 Å². The number of fused-ring (bicyclic) bond motifs is 1. The molecule has 2 aromatic carbocycles. The van der Waals surface area contributed by atoms with Crippen molar-refractivity contribution in [2.45, 2.75) is 13.5 Å². The van der Waals surface area contributed by atoms with E-state index in [1.807, 2.05) is 55.5 Å². The zero-order valence-corrected chi connectivity index (χ0v) is 17.8. The predicted molar refractivity (Wildman–Crippen MR) is 119 cm³/mol. The van der Waals surface area contributed by atoms with Crippen molar-refractivity contribution in [2.75, 3.05) is 7.11 Å². The van der Waals surface area contributed by atoms with Gasteiger partial charge in [0.05, 0.1) is 12.7 Å². The number of carbonyl (C=O) groups is 2. The summed E-state index contributed by atoms with van der Waals surface area (Å²) in [4.78, 5) is 29.3. The van der Waals surface area contributed by atoms with Gasteiger partial charge in [0.15, 0.2) is 0 Å². The van der Waals surface area contributed by atoms with Gasteiger partial charge in [-0.3, -0.25) is 9.59 Å². The topological polar surface area (TPSA) is 71.2 Å². The highest BCUT2D eigenvalue weighted by Gasteiger charge is 2.35. The number of methoxy groups -OCH3 is 1. The third-order valence-corrected chi connectivity index (χ3v) is 5.78. The van der Waals surface area contributed by atoms with Crippen LogP contribution in [0.25, 0.3) is 16.5 Å². The molecule has 0 saturated heterocycles. The number of Topliss-reactive ketones (excluding diaryl/α,β-unsaturated/α-hetero) is 2. The van der Waals surface area contributed by atoms with Crippen molar-refractivity contribution in [3.05, 3.63) is 81.1 Å². The lowest BCUT2D eigenvalue weighted by Gasteiger charge is -2.19. The number of ether oxygens (including phenoxy) is 1. The second kappa shape index (κ2) is 8.01. The van der Waals surface area contributed by atoms with Crippen molar-refractivity contribution in [3.8, 4) is 5.75 Å². The van der Waals surface area contributed by atoms with Gasteiger partial charge in [0, 0.05) is 28.7 Å². The van der Waals surface area contributed by atoms with Gasteiger partial charge in [-0.25, -0.2) is 0 Å². The van der Waals surface area contributed by atoms with Crippen molar-refractivity contribution >= 4 is 51.2 Å². The fraction of sp³-hybridized carbons (Fsp3) is 0.130. The quantitative estimate of drug-likeness (QED) is 0.557. The largest absolute Gasteiger partial charge is 0.497 e. The molecule has 0 bridgehead atoms. The Morgan fingerprint density at radius 2 is 1.67 bits per heavy atom. The molecule has 4 rings (SSSR count). The summed E-state index contributed by atoms with van der Waals surface area (Å²) in [6.45, 7) is 2.14. The molecule has 1 aromatic heterocycles. The van der Waals surface area contributed by atoms with Crippen LogP contribution in [0.1, 0.15) is 16.8 Å². The first kappa shape index (κ1) is 20.3. The lowest BCUT2D eigenvalue weighted by molar-refractivity contribution is -0.114. The van der Waals surface area contributed by atoms with E-state index >= 15 is 0 Å². The molecular weight excluding hydrogens is 423 g/mol. The number of aromatic nitrogens is 1. The number of allylic oxidation sites excluding steroid dienone is 3. The number of aromatic amines is 1. The molecule has 1 aliphatic carbocycles. The highest BCUT2D eigenvalue weighted by atomic mass is 35.5. The maximum Gasteiger partial charge on any atom is 0.222 e. The first-order chi connectivity index (χ1) is 14.4. The summed E-state index contributed by atoms with van der Waals surface area (Å²) < 4.78 is 5.14. The van der Waals surface area contributed by atoms with Gasteiger partial charge < -0.3 is 15.0 Å². The fourth-order valence-corrected chi connectivity index (χ4v) is 4.08. The van der Waals surface area contributed by atoms with Crippen LogP contribution in [0, 0.1) is 6.92 Å². The second-order valence-electron chi connectivity index (χ2n) is 6.91. The van der Waals surface area contributed by atoms with Crippen molar-refractivity contribution in [3.63, 3.8) is 0 Å². The molecule has 0 amide bonds. The molecule has 0 fully saturated rings. The number of aryl methyl sites for hydroxylation is 1. The molecule has 1 aliphatic rings. The summed E-state index contributed by atoms with van der Waals surface area (Å²) in [5.41, 5.74) is 3.21. The van der Waals surface area contributed by atoms with Gasteiger partial charge in [-0.15, -0.1) is 0 Å². The minimum Gasteiger partial charge on any atom is -0.497 e. The van der Waals surface area contributed by atoms with E-state index < -0.39 is 11.6 Å². The molecule has 0 radical (unpaired) electrons. The van der Waals surface area contributed by atoms with E-state index in [1.54, 1.807) is 7.11 Å². The Kier molecular flexibility index (Phi) is 5.41. The van der Waals surface area contributed by atoms with E-state index in [2.05, 4.69) is 10.3 Å². The van der Waals surface area contributed by atoms with E-state index in [4.69, 9.17) is 27.9 Å². The van der Waals surface area contributed by atoms with E-state index in [1.165, 1.54) is 0 Å². The zero-order chi connectivity index (χ0) is 21.4. The van der Waals surface area contributed by atoms with Crippen molar-refractivity contribution in [2.24, 2.45) is 0 Å². The van der Waals surface area contributed by atoms with Crippen LogP contribution < -0.4 is 10.1 Å². The summed E-state index contributed by atoms with van der Waals surface area (Å²) in [5, 5.41) is 3.46. The van der Waals surface area contributed by atoms with Crippen LogP contribution in [0.5, 0.6) is 5.75 Å². The van der Waals surface area contributed by atoms with Gasteiger partial charge in [0.1, 0.15) is 21.5 Å². The van der Waals surface area contributed by atoms with Gasteiger partial charge in [0.2, 0.25) is 11.6 Å². The number of rotatable bonds is 5. The molecule has 0 saturated carbocycles. The number of hydrogen-bond donors (Lipinski definition) is 2. The third-order valence-electron chi connectivity index (χ3n) is 5.06. The summed E-state index contributed by atoms with van der Waals surface area (Å²) in [6, 6.07) is 14.9. The predicted octanol–water partition coefficient (Wildman–Crippen LogP) is 4.83. The van der Waals surface area contributed by atoms with Gasteiger partial charge in [-0.2, -0.15) is 0 Å². The minimum atomic E-state index is -0.505. The summed E-state index contributed by atoms with van der Waals surface area (Å²) in [5.74, 6) is -0.259. The molecule has 5 nitrogen and oxygen atoms in total. The Labute approximate surface area is 183 Å². The number of ketones is 2. The van der Waals surface area contributed by atoms with Crippen LogP contribution >= 0.6 is 23.2 Å². The molecule has 30 heavy (non-hydrogen) atoms. The van der Waals surface area contributed by atoms with Crippen LogP contribution in [-0.2, 0) is 16.1 Å². The number of para-hydroxylation sites is 1. The lowest BCUT2D eigenvalue weighted by Crippen LogP contribution is -2.28. The Balaban J connectivity index is 1.67. The average Bonchev–Trinajstić information content (AvgIpc) is 3.09. The highest BCUT2D eigenvalue weighted by Crippen LogP contribution is 2.38. The SMILES string of the molecule is COc1ccc(CNC2=C(Cl)C(=O)C(c3c(C)[nH]c4ccccc34)=C(Cl)C2=O)cc1. The molecule has 0 unspecified atom stereocenters. The summed E-state index contributed by atoms with van der Waals surface area (Å²) >= 11 is 12.8. The third kappa shape index (κ3) is 3.40. The van der Waals surface area contributed by atoms with Crippen LogP contribution in [0.4, 0.5) is 0 Å². The zero-order valence-electron chi connectivity index (χ0n) is 16.3. The van der Waals surface area contributed by atoms with Crippen LogP contribution in [0.3, 0.4) is 0 Å². The number of benzene rings is 2. The Morgan fingerprint density at radius 3 is 2.37 bits per heavy atom. The molecule has 3 aromatic rings. The molecule has 152 valence electrons. The Morgan fingerprint density at radius 1 is 0.967 bits per heavy atom. The van der Waals surface area contributed by atoms with Gasteiger partial charge >= 0.3 is 0 Å². The first-order valence-corrected chi connectivity index (χ1v) is 10.0. The van der Waals surface area contributed by atoms with Gasteiger partial charge in [0.25, 0.3) is 0 Å². The number of carbonyl (C=O) groups excluding carboxylic acids is 2. The van der Waals surface area contributed by atoms with Crippen molar-refractivity contribution in [1.29, 1.82) is 0 Å². The molecule has 0 spiro atoms. The Bertz CT molecular complexity index is 1240. The average molecular weight is 441 g/mol. The van der Waals surface area contributed by atoms with Crippen LogP contribution in [-0.4, -0.2) is 23.7 Å². The van der Waals surface area contributed by atoms with Crippen molar-refractivity contribution in [1.82, 2.24) is 10.3 Å². The molecule has 2 N–H and O–H groups in total. The molecule has 7 heteroatoms. The van der Waals surface area contributed by atoms with E-state index in [9.17, 15) is 9.59 Å². The number of halogens is 2. The molecule has 1 heterocycles. The lowest BCUT2D eigenvalue weighted by atomic mass is 9.92. The monoisotopic (exact) mass is 440 g/mol. The van der Waals surface area contributed by atoms with Crippen molar-refractivity contribution < 1.29 is 14.3 Å². The summed E-state index contributed by atoms with van der Waals surface area (Å²) in [7, 11) is 1.59. The molecule has 0 aliphatic heterocycles. The summed E-state index contributed by atoms with van der Waals surface area (Å²) in [6.07, 6.45) is 0. The minimum absolute atomic E-state index is 0.00345. The fourth-order valence-electron chi connectivity index (χ4n) is 3.56. The Hall–Kier alpha value is -3.02. The number of hydrogen-bond acceptors (Lipinski definition) is 4. The first-order valence-electron chi connectivity index (χ1n) is 9.25. The molecule has 0 atom stereocenters. The number of H-pyrrole nitrogens is 1. The highest BCUT2D eigenvalue weighted by molar-refractivity contribution is 6.63. The van der Waals surface area contributed by atoms with Crippen LogP contribution in [0.2, 0.25) is 0 Å². The molecular formula is C23H18Cl2N2O3. The maximum atomic E-state index is 13.1.